The Hall–Kier alpha value is -2.68. The Kier molecular flexibility index (Phi) is 7.48. The number of rotatable bonds is 7. The van der Waals surface area contributed by atoms with Crippen molar-refractivity contribution in [3.05, 3.63) is 83.5 Å². The van der Waals surface area contributed by atoms with Crippen LogP contribution in [0.5, 0.6) is 0 Å². The molecule has 0 atom stereocenters. The van der Waals surface area contributed by atoms with Crippen LogP contribution in [0.15, 0.2) is 72.4 Å². The molecule has 0 fully saturated rings. The maximum absolute atomic E-state index is 12.1. The lowest BCUT2D eigenvalue weighted by molar-refractivity contribution is -0.118. The largest absolute Gasteiger partial charge is 0.353 e. The Labute approximate surface area is 138 Å². The highest BCUT2D eigenvalue weighted by atomic mass is 16.1. The fourth-order valence-electron chi connectivity index (χ4n) is 1.87. The van der Waals surface area contributed by atoms with Crippen molar-refractivity contribution in [3.63, 3.8) is 0 Å². The molecule has 0 aliphatic heterocycles. The molecule has 23 heavy (non-hydrogen) atoms. The summed E-state index contributed by atoms with van der Waals surface area (Å²) >= 11 is 0. The van der Waals surface area contributed by atoms with Crippen LogP contribution in [0.25, 0.3) is 0 Å². The van der Waals surface area contributed by atoms with E-state index in [1.807, 2.05) is 50.3 Å². The maximum atomic E-state index is 12.1. The molecule has 120 valence electrons. The second kappa shape index (κ2) is 9.36. The first kappa shape index (κ1) is 18.4. The second-order valence-electron chi connectivity index (χ2n) is 5.37. The molecular weight excluding hydrogens is 286 g/mol. The molecule has 0 bridgehead atoms. The van der Waals surface area contributed by atoms with Gasteiger partial charge in [0.1, 0.15) is 0 Å². The van der Waals surface area contributed by atoms with E-state index >= 15 is 0 Å². The van der Waals surface area contributed by atoms with Crippen molar-refractivity contribution in [3.8, 4) is 0 Å². The molecule has 3 nitrogen and oxygen atoms in total. The fourth-order valence-corrected chi connectivity index (χ4v) is 1.87. The van der Waals surface area contributed by atoms with E-state index in [1.165, 1.54) is 6.92 Å². The summed E-state index contributed by atoms with van der Waals surface area (Å²) in [6, 6.07) is 7.46. The number of ketones is 1. The molecule has 0 aliphatic carbocycles. The lowest BCUT2D eigenvalue weighted by atomic mass is 10.1. The van der Waals surface area contributed by atoms with Gasteiger partial charge in [-0.05, 0) is 25.5 Å². The molecule has 0 heterocycles. The Bertz CT molecular complexity index is 661. The van der Waals surface area contributed by atoms with Gasteiger partial charge in [0.05, 0.1) is 0 Å². The van der Waals surface area contributed by atoms with Crippen molar-refractivity contribution in [2.75, 3.05) is 6.54 Å². The Morgan fingerprint density at radius 2 is 1.78 bits per heavy atom. The predicted molar refractivity (Wildman–Crippen MR) is 95.4 cm³/mol. The summed E-state index contributed by atoms with van der Waals surface area (Å²) in [5.41, 5.74) is 3.61. The van der Waals surface area contributed by atoms with Crippen LogP contribution in [0.2, 0.25) is 0 Å². The molecule has 0 saturated heterocycles. The van der Waals surface area contributed by atoms with Gasteiger partial charge >= 0.3 is 0 Å². The number of hydrogen-bond acceptors (Lipinski definition) is 2. The minimum atomic E-state index is -0.0721. The van der Waals surface area contributed by atoms with Crippen LogP contribution in [0.4, 0.5) is 0 Å². The van der Waals surface area contributed by atoms with Gasteiger partial charge in [-0.1, -0.05) is 66.3 Å². The normalized spacial score (nSPS) is 12.3. The molecule has 0 aliphatic rings. The van der Waals surface area contributed by atoms with Crippen LogP contribution in [0, 0.1) is 6.92 Å². The van der Waals surface area contributed by atoms with Crippen molar-refractivity contribution in [1.29, 1.82) is 0 Å². The highest BCUT2D eigenvalue weighted by Gasteiger charge is 2.01. The van der Waals surface area contributed by atoms with E-state index in [0.29, 0.717) is 12.1 Å². The van der Waals surface area contributed by atoms with Gasteiger partial charge in [0.15, 0.2) is 5.78 Å². The van der Waals surface area contributed by atoms with Crippen molar-refractivity contribution in [2.24, 2.45) is 0 Å². The molecule has 1 aromatic rings. The minimum Gasteiger partial charge on any atom is -0.353 e. The van der Waals surface area contributed by atoms with E-state index in [9.17, 15) is 9.59 Å². The third-order valence-electron chi connectivity index (χ3n) is 3.10. The molecule has 1 aromatic carbocycles. The molecule has 3 heteroatoms. The molecule has 0 unspecified atom stereocenters. The average Bonchev–Trinajstić information content (AvgIpc) is 2.51. The van der Waals surface area contributed by atoms with Crippen LogP contribution in [-0.2, 0) is 4.79 Å². The lowest BCUT2D eigenvalue weighted by Gasteiger charge is -2.03. The van der Waals surface area contributed by atoms with Gasteiger partial charge < -0.3 is 5.32 Å². The van der Waals surface area contributed by atoms with Gasteiger partial charge in [-0.3, -0.25) is 9.59 Å². The molecule has 1 amide bonds. The molecule has 1 N–H and O–H groups in total. The third kappa shape index (κ3) is 7.23. The molecule has 0 spiro atoms. The molecular formula is C20H23NO2. The van der Waals surface area contributed by atoms with E-state index in [4.69, 9.17) is 0 Å². The first-order valence-corrected chi connectivity index (χ1v) is 7.46. The highest BCUT2D eigenvalue weighted by Crippen LogP contribution is 2.08. The third-order valence-corrected chi connectivity index (χ3v) is 3.10. The summed E-state index contributed by atoms with van der Waals surface area (Å²) in [5.74, 6) is -0.120. The van der Waals surface area contributed by atoms with Crippen LogP contribution >= 0.6 is 0 Å². The molecule has 0 aromatic heterocycles. The number of amides is 1. The van der Waals surface area contributed by atoms with Crippen molar-refractivity contribution in [1.82, 2.24) is 5.32 Å². The molecule has 1 rings (SSSR count). The zero-order valence-electron chi connectivity index (χ0n) is 13.9. The smallest absolute Gasteiger partial charge is 0.217 e. The molecule has 0 radical (unpaired) electrons. The van der Waals surface area contributed by atoms with Crippen molar-refractivity contribution < 1.29 is 9.59 Å². The topological polar surface area (TPSA) is 46.2 Å². The monoisotopic (exact) mass is 309 g/mol. The van der Waals surface area contributed by atoms with E-state index in [0.717, 1.165) is 16.7 Å². The number of hydrogen-bond donors (Lipinski definition) is 1. The molecule has 0 saturated carbocycles. The first-order valence-electron chi connectivity index (χ1n) is 7.46. The average molecular weight is 309 g/mol. The first-order chi connectivity index (χ1) is 10.9. The maximum Gasteiger partial charge on any atom is 0.217 e. The van der Waals surface area contributed by atoms with Crippen LogP contribution in [0.3, 0.4) is 0 Å². The van der Waals surface area contributed by atoms with Gasteiger partial charge in [-0.25, -0.2) is 0 Å². The van der Waals surface area contributed by atoms with Crippen LogP contribution < -0.4 is 5.32 Å². The van der Waals surface area contributed by atoms with E-state index in [1.54, 1.807) is 18.2 Å². The fraction of sp³-hybridized carbons (Fsp3) is 0.200. The van der Waals surface area contributed by atoms with Gasteiger partial charge in [0.25, 0.3) is 0 Å². The Morgan fingerprint density at radius 1 is 1.13 bits per heavy atom. The second-order valence-corrected chi connectivity index (χ2v) is 5.37. The van der Waals surface area contributed by atoms with Gasteiger partial charge in [0.2, 0.25) is 5.91 Å². The van der Waals surface area contributed by atoms with Crippen LogP contribution in [0.1, 0.15) is 29.8 Å². The summed E-state index contributed by atoms with van der Waals surface area (Å²) in [7, 11) is 0. The van der Waals surface area contributed by atoms with E-state index in [-0.39, 0.29) is 11.7 Å². The highest BCUT2D eigenvalue weighted by molar-refractivity contribution is 6.04. The quantitative estimate of drug-likeness (QED) is 0.471. The number of carbonyl (C=O) groups excluding carboxylic acids is 2. The van der Waals surface area contributed by atoms with Gasteiger partial charge in [-0.15, -0.1) is 0 Å². The zero-order chi connectivity index (χ0) is 17.2. The summed E-state index contributed by atoms with van der Waals surface area (Å²) < 4.78 is 0. The van der Waals surface area contributed by atoms with Crippen molar-refractivity contribution >= 4 is 11.7 Å². The summed E-state index contributed by atoms with van der Waals surface area (Å²) in [6.45, 7) is 9.54. The Morgan fingerprint density at radius 3 is 2.35 bits per heavy atom. The van der Waals surface area contributed by atoms with Gasteiger partial charge in [-0.2, -0.15) is 0 Å². The number of aryl methyl sites for hydroxylation is 1. The SMILES string of the molecule is C=C/C=C(/C=C/C(=O)c1ccc(C)cc1)\C=C(/C)CNC(C)=O. The predicted octanol–water partition coefficient (Wildman–Crippen LogP) is 3.93. The van der Waals surface area contributed by atoms with Crippen molar-refractivity contribution in [2.45, 2.75) is 20.8 Å². The van der Waals surface area contributed by atoms with Gasteiger partial charge in [0, 0.05) is 19.0 Å². The standard InChI is InChI=1S/C20H23NO2/c1-5-6-18(13-16(3)14-21-17(4)22)9-12-20(23)19-10-7-15(2)8-11-19/h5-13H,1,14H2,2-4H3,(H,21,22)/b12-9+,16-13+,18-6-. The number of carbonyl (C=O) groups is 2. The van der Waals surface area contributed by atoms with Crippen LogP contribution in [-0.4, -0.2) is 18.2 Å². The Balaban J connectivity index is 2.82. The van der Waals surface area contributed by atoms with E-state index < -0.39 is 0 Å². The number of allylic oxidation sites excluding steroid dienone is 6. The lowest BCUT2D eigenvalue weighted by Crippen LogP contribution is -2.21. The number of benzene rings is 1. The minimum absolute atomic E-state index is 0.0483. The summed E-state index contributed by atoms with van der Waals surface area (Å²) in [4.78, 5) is 23.1. The summed E-state index contributed by atoms with van der Waals surface area (Å²) in [5, 5.41) is 2.74. The zero-order valence-corrected chi connectivity index (χ0v) is 13.9. The van der Waals surface area contributed by atoms with E-state index in [2.05, 4.69) is 11.9 Å². The number of nitrogens with one attached hydrogen (secondary N) is 1. The summed E-state index contributed by atoms with van der Waals surface area (Å²) in [6.07, 6.45) is 8.69.